The van der Waals surface area contributed by atoms with E-state index in [-0.39, 0.29) is 17.3 Å². The van der Waals surface area contributed by atoms with Crippen LogP contribution in [-0.4, -0.2) is 0 Å². The van der Waals surface area contributed by atoms with Crippen molar-refractivity contribution < 1.29 is 17.6 Å². The van der Waals surface area contributed by atoms with Crippen molar-refractivity contribution >= 4 is 17.3 Å². The summed E-state index contributed by atoms with van der Waals surface area (Å²) < 4.78 is 52.2. The van der Waals surface area contributed by atoms with Gasteiger partial charge in [-0.05, 0) is 29.8 Å². The zero-order chi connectivity index (χ0) is 14.0. The molecule has 100 valence electrons. The van der Waals surface area contributed by atoms with E-state index >= 15 is 0 Å². The maximum Gasteiger partial charge on any atom is 0.196 e. The smallest absolute Gasteiger partial charge is 0.196 e. The normalized spacial score (nSPS) is 10.6. The molecule has 2 aromatic carbocycles. The molecule has 2 rings (SSSR count). The molecule has 1 nitrogen and oxygen atoms in total. The predicted molar refractivity (Wildman–Crippen MR) is 65.1 cm³/mol. The van der Waals surface area contributed by atoms with Gasteiger partial charge in [0.2, 0.25) is 0 Å². The lowest BCUT2D eigenvalue weighted by molar-refractivity contribution is 0.449. The Kier molecular flexibility index (Phi) is 3.95. The second kappa shape index (κ2) is 5.48. The van der Waals surface area contributed by atoms with Gasteiger partial charge in [0.05, 0.1) is 10.7 Å². The molecule has 0 fully saturated rings. The number of nitrogens with one attached hydrogen (secondary N) is 1. The first-order valence-electron chi connectivity index (χ1n) is 5.30. The first-order chi connectivity index (χ1) is 8.99. The van der Waals surface area contributed by atoms with Crippen molar-refractivity contribution in [3.05, 3.63) is 64.2 Å². The van der Waals surface area contributed by atoms with Crippen LogP contribution >= 0.6 is 11.6 Å². The number of rotatable bonds is 3. The maximum absolute atomic E-state index is 13.3. The lowest BCUT2D eigenvalue weighted by Gasteiger charge is -2.09. The van der Waals surface area contributed by atoms with Gasteiger partial charge in [-0.25, -0.2) is 17.6 Å². The molecular weight excluding hydrogens is 282 g/mol. The highest BCUT2D eigenvalue weighted by Crippen LogP contribution is 2.21. The Hall–Kier alpha value is -1.75. The molecule has 2 aromatic rings. The third-order valence-electron chi connectivity index (χ3n) is 2.50. The van der Waals surface area contributed by atoms with Crippen molar-refractivity contribution in [1.82, 2.24) is 0 Å². The number of halogens is 5. The maximum atomic E-state index is 13.3. The molecule has 0 aliphatic heterocycles. The van der Waals surface area contributed by atoms with E-state index in [1.165, 1.54) is 18.2 Å². The monoisotopic (exact) mass is 289 g/mol. The lowest BCUT2D eigenvalue weighted by Crippen LogP contribution is -2.04. The van der Waals surface area contributed by atoms with E-state index in [1.807, 2.05) is 0 Å². The van der Waals surface area contributed by atoms with Crippen LogP contribution in [0, 0.1) is 23.3 Å². The Morgan fingerprint density at radius 1 is 0.895 bits per heavy atom. The first kappa shape index (κ1) is 13.7. The molecule has 0 atom stereocenters. The summed E-state index contributed by atoms with van der Waals surface area (Å²) in [5.41, 5.74) is 0.292. The number of hydrogen-bond donors (Lipinski definition) is 1. The summed E-state index contributed by atoms with van der Waals surface area (Å²) in [6, 6.07) is 5.95. The summed E-state index contributed by atoms with van der Waals surface area (Å²) in [5, 5.41) is 2.53. The molecular formula is C13H8ClF4N. The molecule has 0 spiro atoms. The second-order valence-electron chi connectivity index (χ2n) is 3.82. The third-order valence-corrected chi connectivity index (χ3v) is 2.81. The Morgan fingerprint density at radius 2 is 1.63 bits per heavy atom. The van der Waals surface area contributed by atoms with Crippen molar-refractivity contribution in [2.75, 3.05) is 5.32 Å². The summed E-state index contributed by atoms with van der Waals surface area (Å²) in [6.45, 7) is 0.0517. The van der Waals surface area contributed by atoms with E-state index in [4.69, 9.17) is 11.6 Å². The van der Waals surface area contributed by atoms with Crippen LogP contribution in [0.2, 0.25) is 5.02 Å². The molecule has 6 heteroatoms. The molecule has 19 heavy (non-hydrogen) atoms. The molecule has 0 heterocycles. The largest absolute Gasteiger partial charge is 0.379 e. The van der Waals surface area contributed by atoms with Crippen LogP contribution < -0.4 is 5.32 Å². The van der Waals surface area contributed by atoms with Crippen LogP contribution in [0.15, 0.2) is 30.3 Å². The van der Waals surface area contributed by atoms with E-state index < -0.39 is 23.3 Å². The minimum absolute atomic E-state index is 0.0252. The van der Waals surface area contributed by atoms with E-state index in [1.54, 1.807) is 0 Å². The fourth-order valence-corrected chi connectivity index (χ4v) is 1.63. The zero-order valence-corrected chi connectivity index (χ0v) is 10.2. The van der Waals surface area contributed by atoms with Gasteiger partial charge in [0.1, 0.15) is 5.82 Å². The highest BCUT2D eigenvalue weighted by molar-refractivity contribution is 6.30. The van der Waals surface area contributed by atoms with Crippen LogP contribution in [0.3, 0.4) is 0 Å². The van der Waals surface area contributed by atoms with Crippen LogP contribution in [0.25, 0.3) is 0 Å². The zero-order valence-electron chi connectivity index (χ0n) is 9.48. The van der Waals surface area contributed by atoms with E-state index in [0.29, 0.717) is 5.56 Å². The van der Waals surface area contributed by atoms with Gasteiger partial charge in [0.15, 0.2) is 17.5 Å². The SMILES string of the molecule is Fc1cc(CNc2ccc(F)c(F)c2F)ccc1Cl. The number of anilines is 1. The van der Waals surface area contributed by atoms with Crippen LogP contribution in [0.5, 0.6) is 0 Å². The van der Waals surface area contributed by atoms with Gasteiger partial charge >= 0.3 is 0 Å². The molecule has 0 unspecified atom stereocenters. The van der Waals surface area contributed by atoms with Gasteiger partial charge in [-0.1, -0.05) is 17.7 Å². The lowest BCUT2D eigenvalue weighted by atomic mass is 10.2. The van der Waals surface area contributed by atoms with E-state index in [0.717, 1.165) is 12.1 Å². The highest BCUT2D eigenvalue weighted by atomic mass is 35.5. The summed E-state index contributed by atoms with van der Waals surface area (Å²) in [5.74, 6) is -4.73. The van der Waals surface area contributed by atoms with Crippen molar-refractivity contribution in [2.24, 2.45) is 0 Å². The third kappa shape index (κ3) is 2.98. The topological polar surface area (TPSA) is 12.0 Å². The predicted octanol–water partition coefficient (Wildman–Crippen LogP) is 4.51. The fraction of sp³-hybridized carbons (Fsp3) is 0.0769. The van der Waals surface area contributed by atoms with Crippen molar-refractivity contribution in [3.8, 4) is 0 Å². The highest BCUT2D eigenvalue weighted by Gasteiger charge is 2.13. The van der Waals surface area contributed by atoms with Crippen molar-refractivity contribution in [1.29, 1.82) is 0 Å². The molecule has 0 aliphatic rings. The molecule has 0 saturated carbocycles. The molecule has 0 aliphatic carbocycles. The van der Waals surface area contributed by atoms with Gasteiger partial charge in [-0.2, -0.15) is 0 Å². The Labute approximate surface area is 111 Å². The quantitative estimate of drug-likeness (QED) is 0.647. The number of benzene rings is 2. The fourth-order valence-electron chi connectivity index (χ4n) is 1.51. The molecule has 0 radical (unpaired) electrons. The molecule has 0 aromatic heterocycles. The summed E-state index contributed by atoms with van der Waals surface area (Å²) in [7, 11) is 0. The summed E-state index contributed by atoms with van der Waals surface area (Å²) >= 11 is 5.51. The van der Waals surface area contributed by atoms with Gasteiger partial charge in [0.25, 0.3) is 0 Å². The average Bonchev–Trinajstić information content (AvgIpc) is 2.39. The molecule has 1 N–H and O–H groups in total. The summed E-state index contributed by atoms with van der Waals surface area (Å²) in [4.78, 5) is 0. The Balaban J connectivity index is 2.14. The first-order valence-corrected chi connectivity index (χ1v) is 5.68. The van der Waals surface area contributed by atoms with Crippen molar-refractivity contribution in [2.45, 2.75) is 6.54 Å². The minimum atomic E-state index is -1.55. The number of hydrogen-bond acceptors (Lipinski definition) is 1. The average molecular weight is 290 g/mol. The van der Waals surface area contributed by atoms with E-state index in [2.05, 4.69) is 5.32 Å². The van der Waals surface area contributed by atoms with Gasteiger partial charge in [0, 0.05) is 6.54 Å². The van der Waals surface area contributed by atoms with Crippen LogP contribution in [0.1, 0.15) is 5.56 Å². The second-order valence-corrected chi connectivity index (χ2v) is 4.23. The molecule has 0 amide bonds. The summed E-state index contributed by atoms with van der Waals surface area (Å²) in [6.07, 6.45) is 0. The van der Waals surface area contributed by atoms with Crippen LogP contribution in [-0.2, 0) is 6.54 Å². The molecule has 0 saturated heterocycles. The Morgan fingerprint density at radius 3 is 2.32 bits per heavy atom. The Bertz CT molecular complexity index is 616. The van der Waals surface area contributed by atoms with E-state index in [9.17, 15) is 17.6 Å². The minimum Gasteiger partial charge on any atom is -0.379 e. The van der Waals surface area contributed by atoms with Gasteiger partial charge in [-0.3, -0.25) is 0 Å². The van der Waals surface area contributed by atoms with Gasteiger partial charge in [-0.15, -0.1) is 0 Å². The van der Waals surface area contributed by atoms with Gasteiger partial charge < -0.3 is 5.32 Å². The van der Waals surface area contributed by atoms with Crippen molar-refractivity contribution in [3.63, 3.8) is 0 Å². The molecule has 0 bridgehead atoms. The van der Waals surface area contributed by atoms with Crippen LogP contribution in [0.4, 0.5) is 23.2 Å². The standard InChI is InChI=1S/C13H8ClF4N/c14-8-2-1-7(5-10(8)16)6-19-11-4-3-9(15)12(17)13(11)18/h1-5,19H,6H2.